The molecule has 0 amide bonds. The number of unbranched alkanes of at least 4 members (excludes halogenated alkanes) is 3. The average molecular weight is 284 g/mol. The third-order valence-corrected chi connectivity index (χ3v) is 4.97. The van der Waals surface area contributed by atoms with E-state index in [0.717, 1.165) is 18.4 Å². The molecule has 0 heterocycles. The van der Waals surface area contributed by atoms with E-state index in [9.17, 15) is 0 Å². The van der Waals surface area contributed by atoms with E-state index in [-0.39, 0.29) is 0 Å². The Morgan fingerprint density at radius 2 is 1.75 bits per heavy atom. The first-order valence-corrected chi connectivity index (χ1v) is 8.74. The maximum atomic E-state index is 5.77. The second-order valence-corrected chi connectivity index (χ2v) is 6.73. The Morgan fingerprint density at radius 1 is 1.00 bits per heavy atom. The van der Waals surface area contributed by atoms with E-state index in [1.54, 1.807) is 0 Å². The summed E-state index contributed by atoms with van der Waals surface area (Å²) in [6.07, 6.45) is 12.4. The molecule has 0 radical (unpaired) electrons. The summed E-state index contributed by atoms with van der Waals surface area (Å²) in [7, 11) is 3.69. The Hall–Kier alpha value is -0.0800. The summed E-state index contributed by atoms with van der Waals surface area (Å²) in [5, 5.41) is 0. The molecule has 1 saturated carbocycles. The zero-order valence-corrected chi connectivity index (χ0v) is 14.2. The number of methoxy groups -OCH3 is 2. The van der Waals surface area contributed by atoms with Gasteiger partial charge in [0.05, 0.1) is 12.7 Å². The Bertz CT molecular complexity index is 225. The quantitative estimate of drug-likeness (QED) is 0.440. The van der Waals surface area contributed by atoms with Crippen molar-refractivity contribution in [3.05, 3.63) is 0 Å². The molecular weight excluding hydrogens is 248 g/mol. The van der Waals surface area contributed by atoms with Crippen LogP contribution in [-0.4, -0.2) is 26.9 Å². The molecule has 3 atom stereocenters. The molecule has 120 valence electrons. The SMILES string of the molecule is CCCCCCC(OC)C(CCC(C)C1CC1)COC. The van der Waals surface area contributed by atoms with E-state index < -0.39 is 0 Å². The van der Waals surface area contributed by atoms with Crippen molar-refractivity contribution in [1.29, 1.82) is 0 Å². The third-order valence-electron chi connectivity index (χ3n) is 4.97. The van der Waals surface area contributed by atoms with Gasteiger partial charge in [0, 0.05) is 20.1 Å². The zero-order valence-electron chi connectivity index (χ0n) is 14.2. The van der Waals surface area contributed by atoms with Crippen molar-refractivity contribution >= 4 is 0 Å². The molecule has 0 aromatic carbocycles. The van der Waals surface area contributed by atoms with Crippen LogP contribution in [0.3, 0.4) is 0 Å². The minimum atomic E-state index is 0.387. The molecule has 0 N–H and O–H groups in total. The first-order chi connectivity index (χ1) is 9.72. The monoisotopic (exact) mass is 284 g/mol. The van der Waals surface area contributed by atoms with Crippen LogP contribution in [0, 0.1) is 17.8 Å². The molecule has 0 saturated heterocycles. The lowest BCUT2D eigenvalue weighted by atomic mass is 9.89. The van der Waals surface area contributed by atoms with Crippen LogP contribution < -0.4 is 0 Å². The molecule has 1 rings (SSSR count). The highest BCUT2D eigenvalue weighted by molar-refractivity contribution is 4.80. The van der Waals surface area contributed by atoms with Gasteiger partial charge in [-0.3, -0.25) is 0 Å². The molecule has 20 heavy (non-hydrogen) atoms. The van der Waals surface area contributed by atoms with E-state index in [0.29, 0.717) is 12.0 Å². The van der Waals surface area contributed by atoms with Gasteiger partial charge < -0.3 is 9.47 Å². The van der Waals surface area contributed by atoms with Gasteiger partial charge in [-0.25, -0.2) is 0 Å². The van der Waals surface area contributed by atoms with Crippen LogP contribution >= 0.6 is 0 Å². The van der Waals surface area contributed by atoms with E-state index in [2.05, 4.69) is 13.8 Å². The van der Waals surface area contributed by atoms with Gasteiger partial charge in [0.25, 0.3) is 0 Å². The molecule has 0 spiro atoms. The van der Waals surface area contributed by atoms with Gasteiger partial charge in [0.15, 0.2) is 0 Å². The predicted octanol–water partition coefficient (Wildman–Crippen LogP) is 5.06. The molecule has 1 fully saturated rings. The third kappa shape index (κ3) is 7.08. The Labute approximate surface area is 126 Å². The molecule has 0 aromatic heterocycles. The van der Waals surface area contributed by atoms with Crippen molar-refractivity contribution < 1.29 is 9.47 Å². The largest absolute Gasteiger partial charge is 0.384 e. The molecule has 0 aliphatic heterocycles. The van der Waals surface area contributed by atoms with Crippen LogP contribution in [0.25, 0.3) is 0 Å². The van der Waals surface area contributed by atoms with E-state index in [4.69, 9.17) is 9.47 Å². The van der Waals surface area contributed by atoms with Gasteiger partial charge in [-0.1, -0.05) is 46.0 Å². The Morgan fingerprint density at radius 3 is 2.30 bits per heavy atom. The van der Waals surface area contributed by atoms with Crippen LogP contribution in [0.2, 0.25) is 0 Å². The predicted molar refractivity (Wildman–Crippen MR) is 86.0 cm³/mol. The van der Waals surface area contributed by atoms with E-state index in [1.165, 1.54) is 57.8 Å². The van der Waals surface area contributed by atoms with Crippen molar-refractivity contribution in [3.63, 3.8) is 0 Å². The number of hydrogen-bond acceptors (Lipinski definition) is 2. The van der Waals surface area contributed by atoms with Crippen LogP contribution in [0.5, 0.6) is 0 Å². The van der Waals surface area contributed by atoms with Gasteiger partial charge in [-0.2, -0.15) is 0 Å². The van der Waals surface area contributed by atoms with Gasteiger partial charge in [0.2, 0.25) is 0 Å². The highest BCUT2D eigenvalue weighted by atomic mass is 16.5. The second-order valence-electron chi connectivity index (χ2n) is 6.73. The highest BCUT2D eigenvalue weighted by Gasteiger charge is 2.29. The lowest BCUT2D eigenvalue weighted by Gasteiger charge is -2.26. The van der Waals surface area contributed by atoms with E-state index >= 15 is 0 Å². The van der Waals surface area contributed by atoms with Gasteiger partial charge >= 0.3 is 0 Å². The summed E-state index contributed by atoms with van der Waals surface area (Å²) in [6.45, 7) is 5.54. The van der Waals surface area contributed by atoms with Crippen molar-refractivity contribution in [2.45, 2.75) is 77.7 Å². The van der Waals surface area contributed by atoms with Crippen molar-refractivity contribution in [2.24, 2.45) is 17.8 Å². The first kappa shape index (κ1) is 18.0. The summed E-state index contributed by atoms with van der Waals surface area (Å²) in [4.78, 5) is 0. The first-order valence-electron chi connectivity index (χ1n) is 8.74. The maximum absolute atomic E-state index is 5.77. The Kier molecular flexibility index (Phi) is 9.54. The molecule has 2 nitrogen and oxygen atoms in total. The molecule has 1 aliphatic rings. The number of ether oxygens (including phenoxy) is 2. The molecule has 0 bridgehead atoms. The van der Waals surface area contributed by atoms with Crippen molar-refractivity contribution in [1.82, 2.24) is 0 Å². The number of hydrogen-bond donors (Lipinski definition) is 0. The van der Waals surface area contributed by atoms with Gasteiger partial charge in [0.1, 0.15) is 0 Å². The lowest BCUT2D eigenvalue weighted by Crippen LogP contribution is -2.27. The standard InChI is InChI=1S/C18H36O2/c1-5-6-7-8-9-18(20-4)17(14-19-3)11-10-15(2)16-12-13-16/h15-18H,5-14H2,1-4H3. The highest BCUT2D eigenvalue weighted by Crippen LogP contribution is 2.39. The molecule has 2 heteroatoms. The second kappa shape index (κ2) is 10.6. The zero-order chi connectivity index (χ0) is 14.8. The van der Waals surface area contributed by atoms with Crippen LogP contribution in [-0.2, 0) is 9.47 Å². The summed E-state index contributed by atoms with van der Waals surface area (Å²) in [5.74, 6) is 2.49. The summed E-state index contributed by atoms with van der Waals surface area (Å²) in [6, 6.07) is 0. The average Bonchev–Trinajstić information content (AvgIpc) is 3.28. The normalized spacial score (nSPS) is 19.8. The van der Waals surface area contributed by atoms with Gasteiger partial charge in [-0.15, -0.1) is 0 Å². The molecular formula is C18H36O2. The Balaban J connectivity index is 2.30. The van der Waals surface area contributed by atoms with Crippen LogP contribution in [0.1, 0.15) is 71.6 Å². The smallest absolute Gasteiger partial charge is 0.0621 e. The maximum Gasteiger partial charge on any atom is 0.0621 e. The van der Waals surface area contributed by atoms with Crippen LogP contribution in [0.4, 0.5) is 0 Å². The van der Waals surface area contributed by atoms with Crippen LogP contribution in [0.15, 0.2) is 0 Å². The van der Waals surface area contributed by atoms with E-state index in [1.807, 2.05) is 14.2 Å². The fraction of sp³-hybridized carbons (Fsp3) is 1.00. The minimum Gasteiger partial charge on any atom is -0.384 e. The summed E-state index contributed by atoms with van der Waals surface area (Å²) < 4.78 is 11.2. The van der Waals surface area contributed by atoms with Gasteiger partial charge in [-0.05, 0) is 37.5 Å². The molecule has 1 aliphatic carbocycles. The molecule has 0 aromatic rings. The molecule has 3 unspecified atom stereocenters. The minimum absolute atomic E-state index is 0.387. The number of rotatable bonds is 13. The topological polar surface area (TPSA) is 18.5 Å². The summed E-state index contributed by atoms with van der Waals surface area (Å²) >= 11 is 0. The summed E-state index contributed by atoms with van der Waals surface area (Å²) in [5.41, 5.74) is 0. The fourth-order valence-electron chi connectivity index (χ4n) is 3.29. The lowest BCUT2D eigenvalue weighted by molar-refractivity contribution is 0.00222. The fourth-order valence-corrected chi connectivity index (χ4v) is 3.29. The van der Waals surface area contributed by atoms with Crippen molar-refractivity contribution in [2.75, 3.05) is 20.8 Å². The van der Waals surface area contributed by atoms with Crippen molar-refractivity contribution in [3.8, 4) is 0 Å².